The standard InChI is InChI=1S/C31H44O12/c1-6-31(5,15-7-8-17(2)3)43-30-27(38)28(42-29-26(37)25(36)23(34)18(4)40-29)24(35)21(41-30)16-39-22(33)14-11-19-9-12-20(32)13-10-19/h6,8-14,18,21,23-30,32,34-38H,1,7,15-16H2,2-5H3. The highest BCUT2D eigenvalue weighted by Crippen LogP contribution is 2.33. The van der Waals surface area contributed by atoms with Crippen LogP contribution in [0.25, 0.3) is 6.08 Å². The second kappa shape index (κ2) is 15.4. The highest BCUT2D eigenvalue weighted by molar-refractivity contribution is 5.87. The molecule has 6 N–H and O–H groups in total. The van der Waals surface area contributed by atoms with Crippen LogP contribution < -0.4 is 0 Å². The number of aromatic hydroxyl groups is 1. The van der Waals surface area contributed by atoms with E-state index in [-0.39, 0.29) is 5.75 Å². The number of benzene rings is 1. The lowest BCUT2D eigenvalue weighted by molar-refractivity contribution is -0.364. The number of esters is 1. The molecule has 0 radical (unpaired) electrons. The third kappa shape index (κ3) is 9.42. The number of phenolic OH excluding ortho intramolecular Hbond substituents is 1. The van der Waals surface area contributed by atoms with Gasteiger partial charge in [0.15, 0.2) is 12.6 Å². The number of aliphatic hydroxyl groups is 5. The van der Waals surface area contributed by atoms with Crippen molar-refractivity contribution in [3.63, 3.8) is 0 Å². The zero-order chi connectivity index (χ0) is 31.9. The van der Waals surface area contributed by atoms with Gasteiger partial charge in [-0.3, -0.25) is 0 Å². The summed E-state index contributed by atoms with van der Waals surface area (Å²) in [7, 11) is 0. The van der Waals surface area contributed by atoms with Gasteiger partial charge in [-0.1, -0.05) is 29.9 Å². The van der Waals surface area contributed by atoms with Gasteiger partial charge in [-0.25, -0.2) is 4.79 Å². The number of phenols is 1. The number of hydrogen-bond acceptors (Lipinski definition) is 12. The summed E-state index contributed by atoms with van der Waals surface area (Å²) < 4.78 is 28.6. The van der Waals surface area contributed by atoms with Crippen molar-refractivity contribution >= 4 is 12.0 Å². The predicted molar refractivity (Wildman–Crippen MR) is 154 cm³/mol. The van der Waals surface area contributed by atoms with Gasteiger partial charge in [0, 0.05) is 6.08 Å². The summed E-state index contributed by atoms with van der Waals surface area (Å²) in [6.07, 6.45) is -7.13. The molecule has 11 atom stereocenters. The van der Waals surface area contributed by atoms with Crippen molar-refractivity contribution in [3.05, 3.63) is 60.2 Å². The van der Waals surface area contributed by atoms with Gasteiger partial charge < -0.3 is 54.3 Å². The van der Waals surface area contributed by atoms with Gasteiger partial charge in [0.2, 0.25) is 0 Å². The number of hydrogen-bond donors (Lipinski definition) is 6. The largest absolute Gasteiger partial charge is 0.508 e. The molecule has 12 nitrogen and oxygen atoms in total. The summed E-state index contributed by atoms with van der Waals surface area (Å²) in [5, 5.41) is 62.5. The quantitative estimate of drug-likeness (QED) is 0.114. The van der Waals surface area contributed by atoms with Crippen LogP contribution in [0, 0.1) is 0 Å². The van der Waals surface area contributed by atoms with E-state index in [1.54, 1.807) is 25.1 Å². The van der Waals surface area contributed by atoms with Crippen LogP contribution in [0.1, 0.15) is 46.1 Å². The first-order valence-electron chi connectivity index (χ1n) is 14.2. The van der Waals surface area contributed by atoms with Crippen LogP contribution in [0.5, 0.6) is 5.75 Å². The third-order valence-corrected chi connectivity index (χ3v) is 7.45. The summed E-state index contributed by atoms with van der Waals surface area (Å²) in [5.74, 6) is -0.672. The second-order valence-electron chi connectivity index (χ2n) is 11.3. The molecule has 0 aliphatic carbocycles. The van der Waals surface area contributed by atoms with Crippen LogP contribution >= 0.6 is 0 Å². The van der Waals surface area contributed by atoms with Crippen molar-refractivity contribution in [3.8, 4) is 5.75 Å². The maximum absolute atomic E-state index is 12.4. The minimum absolute atomic E-state index is 0.0784. The van der Waals surface area contributed by atoms with E-state index >= 15 is 0 Å². The molecule has 2 fully saturated rings. The monoisotopic (exact) mass is 608 g/mol. The lowest BCUT2D eigenvalue weighted by atomic mass is 9.95. The van der Waals surface area contributed by atoms with Crippen molar-refractivity contribution in [2.24, 2.45) is 0 Å². The van der Waals surface area contributed by atoms with Crippen molar-refractivity contribution in [1.82, 2.24) is 0 Å². The third-order valence-electron chi connectivity index (χ3n) is 7.45. The molecule has 11 unspecified atom stereocenters. The second-order valence-corrected chi connectivity index (χ2v) is 11.3. The highest BCUT2D eigenvalue weighted by atomic mass is 16.7. The van der Waals surface area contributed by atoms with Crippen molar-refractivity contribution < 1.29 is 59.1 Å². The van der Waals surface area contributed by atoms with Gasteiger partial charge >= 0.3 is 5.97 Å². The summed E-state index contributed by atoms with van der Waals surface area (Å²) >= 11 is 0. The number of rotatable bonds is 12. The van der Waals surface area contributed by atoms with Gasteiger partial charge in [0.25, 0.3) is 0 Å². The fourth-order valence-electron chi connectivity index (χ4n) is 4.66. The van der Waals surface area contributed by atoms with Crippen molar-refractivity contribution in [1.29, 1.82) is 0 Å². The first kappa shape index (κ1) is 34.8. The Bertz CT molecular complexity index is 1120. The summed E-state index contributed by atoms with van der Waals surface area (Å²) in [6, 6.07) is 6.14. The Morgan fingerprint density at radius 3 is 2.28 bits per heavy atom. The van der Waals surface area contributed by atoms with Gasteiger partial charge in [-0.2, -0.15) is 0 Å². The average molecular weight is 609 g/mol. The molecule has 1 aromatic carbocycles. The minimum Gasteiger partial charge on any atom is -0.508 e. The molecule has 240 valence electrons. The molecule has 2 aliphatic heterocycles. The Kier molecular flexibility index (Phi) is 12.5. The first-order valence-corrected chi connectivity index (χ1v) is 14.2. The molecule has 3 rings (SSSR count). The number of carbonyl (C=O) groups is 1. The molecule has 0 bridgehead atoms. The fraction of sp³-hybridized carbons (Fsp3) is 0.581. The summed E-state index contributed by atoms with van der Waals surface area (Å²) in [5.41, 5.74) is 0.776. The highest BCUT2D eigenvalue weighted by Gasteiger charge is 2.51. The molecule has 0 amide bonds. The summed E-state index contributed by atoms with van der Waals surface area (Å²) in [6.45, 7) is 10.6. The zero-order valence-electron chi connectivity index (χ0n) is 24.9. The van der Waals surface area contributed by atoms with E-state index in [4.69, 9.17) is 23.7 Å². The Morgan fingerprint density at radius 1 is 0.977 bits per heavy atom. The molecule has 0 spiro atoms. The Balaban J connectivity index is 1.78. The normalized spacial score (nSPS) is 34.3. The number of carbonyl (C=O) groups excluding carboxylic acids is 1. The van der Waals surface area contributed by atoms with E-state index in [1.165, 1.54) is 25.1 Å². The first-order chi connectivity index (χ1) is 20.2. The van der Waals surface area contributed by atoms with E-state index in [0.29, 0.717) is 18.4 Å². The van der Waals surface area contributed by atoms with Gasteiger partial charge in [0.1, 0.15) is 55.1 Å². The molecule has 1 aromatic rings. The Hall–Kier alpha value is -2.65. The van der Waals surface area contributed by atoms with Crippen LogP contribution in [0.3, 0.4) is 0 Å². The van der Waals surface area contributed by atoms with E-state index in [1.807, 2.05) is 19.9 Å². The lowest BCUT2D eigenvalue weighted by Crippen LogP contribution is -2.65. The molecule has 12 heteroatoms. The molecule has 43 heavy (non-hydrogen) atoms. The van der Waals surface area contributed by atoms with Gasteiger partial charge in [-0.15, -0.1) is 6.58 Å². The van der Waals surface area contributed by atoms with Crippen LogP contribution in [0.15, 0.2) is 54.6 Å². The average Bonchev–Trinajstić information content (AvgIpc) is 2.97. The number of allylic oxidation sites excluding steroid dienone is 2. The molecule has 2 heterocycles. The minimum atomic E-state index is -1.70. The SMILES string of the molecule is C=CC(C)(CCC=C(C)C)OC1OC(COC(=O)C=Cc2ccc(O)cc2)C(O)C(OC2OC(C)C(O)C(O)C2O)C1O. The van der Waals surface area contributed by atoms with E-state index in [9.17, 15) is 35.4 Å². The predicted octanol–water partition coefficient (Wildman–Crippen LogP) is 1.32. The Labute approximate surface area is 251 Å². The molecule has 0 saturated carbocycles. The van der Waals surface area contributed by atoms with Crippen LogP contribution in [-0.2, 0) is 28.5 Å². The molecular weight excluding hydrogens is 564 g/mol. The zero-order valence-corrected chi connectivity index (χ0v) is 24.9. The summed E-state index contributed by atoms with van der Waals surface area (Å²) in [4.78, 5) is 12.4. The van der Waals surface area contributed by atoms with Gasteiger partial charge in [-0.05, 0) is 64.3 Å². The van der Waals surface area contributed by atoms with Crippen molar-refractivity contribution in [2.75, 3.05) is 6.61 Å². The van der Waals surface area contributed by atoms with E-state index < -0.39 is 79.6 Å². The maximum atomic E-state index is 12.4. The Morgan fingerprint density at radius 2 is 1.65 bits per heavy atom. The smallest absolute Gasteiger partial charge is 0.330 e. The van der Waals surface area contributed by atoms with E-state index in [2.05, 4.69) is 6.58 Å². The molecule has 2 aliphatic rings. The van der Waals surface area contributed by atoms with Gasteiger partial charge in [0.05, 0.1) is 11.7 Å². The van der Waals surface area contributed by atoms with Crippen LogP contribution in [0.2, 0.25) is 0 Å². The van der Waals surface area contributed by atoms with Crippen LogP contribution in [0.4, 0.5) is 0 Å². The maximum Gasteiger partial charge on any atom is 0.330 e. The molecule has 0 aromatic heterocycles. The fourth-order valence-corrected chi connectivity index (χ4v) is 4.66. The molecule has 2 saturated heterocycles. The van der Waals surface area contributed by atoms with Crippen molar-refractivity contribution in [2.45, 2.75) is 108 Å². The topological polar surface area (TPSA) is 185 Å². The number of aliphatic hydroxyl groups excluding tert-OH is 5. The lowest BCUT2D eigenvalue weighted by Gasteiger charge is -2.47. The van der Waals surface area contributed by atoms with Crippen LogP contribution in [-0.4, -0.2) is 110 Å². The number of ether oxygens (including phenoxy) is 5. The molecular formula is C31H44O12. The van der Waals surface area contributed by atoms with E-state index in [0.717, 1.165) is 11.6 Å².